The highest BCUT2D eigenvalue weighted by Crippen LogP contribution is 2.36. The maximum absolute atomic E-state index is 12.9. The molecule has 9 heteroatoms. The normalized spacial score (nSPS) is 12.5. The zero-order valence-electron chi connectivity index (χ0n) is 13.0. The summed E-state index contributed by atoms with van der Waals surface area (Å²) in [7, 11) is 0. The van der Waals surface area contributed by atoms with Crippen LogP contribution >= 0.6 is 22.9 Å². The van der Waals surface area contributed by atoms with Gasteiger partial charge in [-0.3, -0.25) is 9.59 Å². The van der Waals surface area contributed by atoms with Gasteiger partial charge in [0.15, 0.2) is 0 Å². The Morgan fingerprint density at radius 1 is 1.28 bits per heavy atom. The van der Waals surface area contributed by atoms with Crippen molar-refractivity contribution in [3.05, 3.63) is 51.2 Å². The molecule has 0 bridgehead atoms. The minimum atomic E-state index is -4.62. The van der Waals surface area contributed by atoms with Crippen LogP contribution in [0.25, 0.3) is 0 Å². The lowest BCUT2D eigenvalue weighted by Gasteiger charge is -2.17. The van der Waals surface area contributed by atoms with E-state index in [-0.39, 0.29) is 18.0 Å². The molecule has 0 fully saturated rings. The molecule has 0 aliphatic heterocycles. The standard InChI is InChI=1S/C16H14ClF3N2O2S/c1-9(23)21-13(14-3-2-6-25-14)8-15(24)22-10-4-5-12(17)11(7-10)16(18,19)20/h2-7,13H,8H2,1H3,(H,21,23)(H,22,24)/t13-/m0/s1. The van der Waals surface area contributed by atoms with Gasteiger partial charge in [0.25, 0.3) is 0 Å². The van der Waals surface area contributed by atoms with Crippen LogP contribution in [0.2, 0.25) is 5.02 Å². The van der Waals surface area contributed by atoms with Crippen molar-refractivity contribution in [3.63, 3.8) is 0 Å². The third-order valence-electron chi connectivity index (χ3n) is 3.21. The minimum Gasteiger partial charge on any atom is -0.348 e. The second-order valence-corrected chi connectivity index (χ2v) is 6.60. The Morgan fingerprint density at radius 3 is 2.56 bits per heavy atom. The van der Waals surface area contributed by atoms with Crippen LogP contribution in [0, 0.1) is 0 Å². The molecule has 0 unspecified atom stereocenters. The van der Waals surface area contributed by atoms with Gasteiger partial charge < -0.3 is 10.6 Å². The van der Waals surface area contributed by atoms with Crippen LogP contribution < -0.4 is 10.6 Å². The van der Waals surface area contributed by atoms with Crippen molar-refractivity contribution in [1.29, 1.82) is 0 Å². The molecule has 0 radical (unpaired) electrons. The summed E-state index contributed by atoms with van der Waals surface area (Å²) in [6.07, 6.45) is -4.72. The fourth-order valence-electron chi connectivity index (χ4n) is 2.18. The van der Waals surface area contributed by atoms with Crippen molar-refractivity contribution < 1.29 is 22.8 Å². The van der Waals surface area contributed by atoms with E-state index in [0.29, 0.717) is 0 Å². The van der Waals surface area contributed by atoms with E-state index in [1.165, 1.54) is 24.3 Å². The molecule has 2 rings (SSSR count). The number of halogens is 4. The fraction of sp³-hybridized carbons (Fsp3) is 0.250. The number of thiophene rings is 1. The molecule has 0 spiro atoms. The van der Waals surface area contributed by atoms with Crippen LogP contribution in [-0.2, 0) is 15.8 Å². The number of carbonyl (C=O) groups excluding carboxylic acids is 2. The van der Waals surface area contributed by atoms with Crippen LogP contribution in [-0.4, -0.2) is 11.8 Å². The van der Waals surface area contributed by atoms with E-state index in [4.69, 9.17) is 11.6 Å². The van der Waals surface area contributed by atoms with Crippen molar-refractivity contribution in [2.45, 2.75) is 25.6 Å². The monoisotopic (exact) mass is 390 g/mol. The van der Waals surface area contributed by atoms with Gasteiger partial charge in [-0.15, -0.1) is 11.3 Å². The molecule has 1 aromatic heterocycles. The number of alkyl halides is 3. The number of amides is 2. The summed E-state index contributed by atoms with van der Waals surface area (Å²) in [5, 5.41) is 6.41. The molecular weight excluding hydrogens is 377 g/mol. The molecule has 0 saturated heterocycles. The summed E-state index contributed by atoms with van der Waals surface area (Å²) in [4.78, 5) is 24.3. The third-order valence-corrected chi connectivity index (χ3v) is 4.52. The minimum absolute atomic E-state index is 0.0190. The summed E-state index contributed by atoms with van der Waals surface area (Å²) in [5.74, 6) is -0.834. The Balaban J connectivity index is 2.12. The predicted molar refractivity (Wildman–Crippen MR) is 90.6 cm³/mol. The zero-order chi connectivity index (χ0) is 18.6. The number of hydrogen-bond acceptors (Lipinski definition) is 3. The molecular formula is C16H14ClF3N2O2S. The number of hydrogen-bond donors (Lipinski definition) is 2. The lowest BCUT2D eigenvalue weighted by molar-refractivity contribution is -0.137. The van der Waals surface area contributed by atoms with E-state index in [1.54, 1.807) is 17.5 Å². The molecule has 2 aromatic rings. The Kier molecular flexibility index (Phi) is 6.07. The third kappa shape index (κ3) is 5.47. The van der Waals surface area contributed by atoms with E-state index in [1.807, 2.05) is 0 Å². The largest absolute Gasteiger partial charge is 0.417 e. The molecule has 2 N–H and O–H groups in total. The van der Waals surface area contributed by atoms with Gasteiger partial charge in [-0.1, -0.05) is 17.7 Å². The first-order valence-electron chi connectivity index (χ1n) is 7.14. The molecule has 0 saturated carbocycles. The number of anilines is 1. The van der Waals surface area contributed by atoms with Crippen LogP contribution in [0.5, 0.6) is 0 Å². The van der Waals surface area contributed by atoms with Crippen molar-refractivity contribution >= 4 is 40.4 Å². The quantitative estimate of drug-likeness (QED) is 0.782. The summed E-state index contributed by atoms with van der Waals surface area (Å²) in [5.41, 5.74) is -1.04. The van der Waals surface area contributed by atoms with Crippen molar-refractivity contribution in [2.24, 2.45) is 0 Å². The van der Waals surface area contributed by atoms with Crippen LogP contribution in [0.1, 0.15) is 29.8 Å². The molecule has 0 aliphatic rings. The van der Waals surface area contributed by atoms with Crippen LogP contribution in [0.4, 0.5) is 18.9 Å². The summed E-state index contributed by atoms with van der Waals surface area (Å²) in [6.45, 7) is 1.33. The van der Waals surface area contributed by atoms with Crippen molar-refractivity contribution in [3.8, 4) is 0 Å². The van der Waals surface area contributed by atoms with Gasteiger partial charge in [-0.25, -0.2) is 0 Å². The van der Waals surface area contributed by atoms with E-state index in [2.05, 4.69) is 10.6 Å². The van der Waals surface area contributed by atoms with E-state index < -0.39 is 28.7 Å². The number of rotatable bonds is 5. The predicted octanol–water partition coefficient (Wildman–Crippen LogP) is 4.63. The Bertz CT molecular complexity index is 763. The lowest BCUT2D eigenvalue weighted by Crippen LogP contribution is -2.29. The maximum Gasteiger partial charge on any atom is 0.417 e. The summed E-state index contributed by atoms with van der Waals surface area (Å²) < 4.78 is 38.6. The maximum atomic E-state index is 12.9. The zero-order valence-corrected chi connectivity index (χ0v) is 14.6. The van der Waals surface area contributed by atoms with Crippen LogP contribution in [0.15, 0.2) is 35.7 Å². The molecule has 134 valence electrons. The first-order chi connectivity index (χ1) is 11.7. The summed E-state index contributed by atoms with van der Waals surface area (Å²) in [6, 6.07) is 6.13. The number of carbonyl (C=O) groups is 2. The number of nitrogens with one attached hydrogen (secondary N) is 2. The topological polar surface area (TPSA) is 58.2 Å². The highest BCUT2D eigenvalue weighted by molar-refractivity contribution is 7.10. The molecule has 4 nitrogen and oxygen atoms in total. The molecule has 25 heavy (non-hydrogen) atoms. The summed E-state index contributed by atoms with van der Waals surface area (Å²) >= 11 is 6.92. The molecule has 1 atom stereocenters. The molecule has 1 aromatic carbocycles. The second-order valence-electron chi connectivity index (χ2n) is 5.21. The van der Waals surface area contributed by atoms with Gasteiger partial charge in [0.2, 0.25) is 11.8 Å². The Morgan fingerprint density at radius 2 is 2.00 bits per heavy atom. The lowest BCUT2D eigenvalue weighted by atomic mass is 10.1. The highest BCUT2D eigenvalue weighted by Gasteiger charge is 2.33. The first kappa shape index (κ1) is 19.3. The Hall–Kier alpha value is -2.06. The SMILES string of the molecule is CC(=O)N[C@@H](CC(=O)Nc1ccc(Cl)c(C(F)(F)F)c1)c1cccs1. The smallest absolute Gasteiger partial charge is 0.348 e. The second kappa shape index (κ2) is 7.88. The van der Waals surface area contributed by atoms with E-state index in [0.717, 1.165) is 17.0 Å². The fourth-order valence-corrected chi connectivity index (χ4v) is 3.18. The van der Waals surface area contributed by atoms with Crippen molar-refractivity contribution in [1.82, 2.24) is 5.32 Å². The van der Waals surface area contributed by atoms with Crippen LogP contribution in [0.3, 0.4) is 0 Å². The average Bonchev–Trinajstić information content (AvgIpc) is 3.01. The molecule has 2 amide bonds. The van der Waals surface area contributed by atoms with E-state index in [9.17, 15) is 22.8 Å². The molecule has 1 heterocycles. The van der Waals surface area contributed by atoms with Gasteiger partial charge in [0.1, 0.15) is 0 Å². The van der Waals surface area contributed by atoms with E-state index >= 15 is 0 Å². The Labute approximate surface area is 151 Å². The first-order valence-corrected chi connectivity index (χ1v) is 8.39. The van der Waals surface area contributed by atoms with Gasteiger partial charge in [0, 0.05) is 17.5 Å². The highest BCUT2D eigenvalue weighted by atomic mass is 35.5. The van der Waals surface area contributed by atoms with Gasteiger partial charge in [-0.2, -0.15) is 13.2 Å². The van der Waals surface area contributed by atoms with Gasteiger partial charge in [-0.05, 0) is 29.6 Å². The average molecular weight is 391 g/mol. The van der Waals surface area contributed by atoms with Gasteiger partial charge >= 0.3 is 6.18 Å². The molecule has 0 aliphatic carbocycles. The van der Waals surface area contributed by atoms with Crippen molar-refractivity contribution in [2.75, 3.05) is 5.32 Å². The van der Waals surface area contributed by atoms with Gasteiger partial charge in [0.05, 0.1) is 23.0 Å². The number of benzene rings is 1.